The first kappa shape index (κ1) is 22.5. The Hall–Kier alpha value is -2.80. The van der Waals surface area contributed by atoms with E-state index in [4.69, 9.17) is 11.6 Å². The van der Waals surface area contributed by atoms with Crippen molar-refractivity contribution >= 4 is 29.0 Å². The molecule has 0 atom stereocenters. The van der Waals surface area contributed by atoms with E-state index in [1.807, 2.05) is 0 Å². The first-order valence-electron chi connectivity index (χ1n) is 8.87. The average Bonchev–Trinajstić information content (AvgIpc) is 2.69. The molecule has 0 fully saturated rings. The van der Waals surface area contributed by atoms with Gasteiger partial charge in [-0.05, 0) is 24.3 Å². The molecule has 0 unspecified atom stereocenters. The van der Waals surface area contributed by atoms with Gasteiger partial charge in [0.25, 0.3) is 0 Å². The molecule has 0 heterocycles. The van der Waals surface area contributed by atoms with Crippen LogP contribution in [0.3, 0.4) is 0 Å². The van der Waals surface area contributed by atoms with Crippen molar-refractivity contribution in [1.29, 1.82) is 0 Å². The van der Waals surface area contributed by atoms with Crippen molar-refractivity contribution in [1.82, 2.24) is 4.90 Å². The molecule has 0 saturated carbocycles. The summed E-state index contributed by atoms with van der Waals surface area (Å²) in [5.74, 6) is -1.69. The summed E-state index contributed by atoms with van der Waals surface area (Å²) >= 11 is 6.10. The zero-order chi connectivity index (χ0) is 21.4. The number of carbonyl (C=O) groups is 2. The van der Waals surface area contributed by atoms with Crippen molar-refractivity contribution in [3.63, 3.8) is 0 Å². The van der Waals surface area contributed by atoms with Gasteiger partial charge in [-0.25, -0.2) is 4.39 Å². The summed E-state index contributed by atoms with van der Waals surface area (Å²) in [6.07, 6.45) is 3.32. The van der Waals surface area contributed by atoms with E-state index in [1.54, 1.807) is 35.3 Å². The molecule has 2 N–H and O–H groups in total. The van der Waals surface area contributed by atoms with Crippen LogP contribution in [-0.4, -0.2) is 41.3 Å². The summed E-state index contributed by atoms with van der Waals surface area (Å²) in [7, 11) is 0. The van der Waals surface area contributed by atoms with Crippen molar-refractivity contribution in [3.05, 3.63) is 89.2 Å². The van der Waals surface area contributed by atoms with Gasteiger partial charge in [-0.15, -0.1) is 13.2 Å². The van der Waals surface area contributed by atoms with E-state index >= 15 is 0 Å². The van der Waals surface area contributed by atoms with E-state index in [0.717, 1.165) is 6.07 Å². The summed E-state index contributed by atoms with van der Waals surface area (Å²) < 4.78 is 14.3. The first-order valence-corrected chi connectivity index (χ1v) is 9.25. The molecular weight excluding hydrogens is 395 g/mol. The van der Waals surface area contributed by atoms with Gasteiger partial charge in [0.15, 0.2) is 5.78 Å². The molecule has 152 valence electrons. The van der Waals surface area contributed by atoms with Gasteiger partial charge >= 0.3 is 0 Å². The lowest BCUT2D eigenvalue weighted by Gasteiger charge is -2.19. The highest BCUT2D eigenvalue weighted by atomic mass is 35.5. The van der Waals surface area contributed by atoms with Crippen molar-refractivity contribution in [2.75, 3.05) is 25.0 Å². The first-order chi connectivity index (χ1) is 13.9. The number of amides is 1. The van der Waals surface area contributed by atoms with Gasteiger partial charge in [0.05, 0.1) is 23.9 Å². The topological polar surface area (TPSA) is 69.6 Å². The Balaban J connectivity index is 2.38. The summed E-state index contributed by atoms with van der Waals surface area (Å²) in [6, 6.07) is 8.63. The third-order valence-corrected chi connectivity index (χ3v) is 4.47. The second-order valence-corrected chi connectivity index (χ2v) is 6.68. The van der Waals surface area contributed by atoms with Gasteiger partial charge < -0.3 is 10.4 Å². The number of carbonyl (C=O) groups excluding carboxylic acids is 2. The van der Waals surface area contributed by atoms with Crippen LogP contribution in [0.5, 0.6) is 0 Å². The number of ketones is 1. The number of nitrogens with one attached hydrogen (secondary N) is 1. The van der Waals surface area contributed by atoms with E-state index in [0.29, 0.717) is 13.1 Å². The molecule has 0 bridgehead atoms. The van der Waals surface area contributed by atoms with E-state index in [-0.39, 0.29) is 33.9 Å². The Bertz CT molecular complexity index is 920. The number of rotatable bonds is 10. The SMILES string of the molecule is C=CCN(CC=C)CC(=O)Nc1cc(CO)c(F)cc1C(=O)c1ccccc1Cl. The van der Waals surface area contributed by atoms with Gasteiger partial charge in [-0.2, -0.15) is 0 Å². The molecule has 0 saturated heterocycles. The molecular formula is C22H22ClFN2O3. The minimum absolute atomic E-state index is 0.0175. The van der Waals surface area contributed by atoms with Crippen molar-refractivity contribution in [2.45, 2.75) is 6.61 Å². The van der Waals surface area contributed by atoms with Crippen LogP contribution in [0.25, 0.3) is 0 Å². The standard InChI is InChI=1S/C22H22ClFN2O3/c1-3-9-26(10-4-2)13-21(28)25-20-11-15(14-27)19(24)12-17(20)22(29)16-7-5-6-8-18(16)23/h3-8,11-12,27H,1-2,9-10,13-14H2,(H,25,28). The Labute approximate surface area is 174 Å². The van der Waals surface area contributed by atoms with Gasteiger partial charge in [0, 0.05) is 29.8 Å². The maximum absolute atomic E-state index is 14.3. The lowest BCUT2D eigenvalue weighted by Crippen LogP contribution is -2.33. The van der Waals surface area contributed by atoms with E-state index in [2.05, 4.69) is 18.5 Å². The molecule has 0 aliphatic carbocycles. The number of nitrogens with zero attached hydrogens (tertiary/aromatic N) is 1. The van der Waals surface area contributed by atoms with Gasteiger partial charge in [0.2, 0.25) is 5.91 Å². The lowest BCUT2D eigenvalue weighted by molar-refractivity contribution is -0.117. The monoisotopic (exact) mass is 416 g/mol. The highest BCUT2D eigenvalue weighted by Gasteiger charge is 2.21. The van der Waals surface area contributed by atoms with Crippen LogP contribution in [-0.2, 0) is 11.4 Å². The average molecular weight is 417 g/mol. The van der Waals surface area contributed by atoms with Crippen LogP contribution in [0.4, 0.5) is 10.1 Å². The number of hydrogen-bond acceptors (Lipinski definition) is 4. The maximum atomic E-state index is 14.3. The lowest BCUT2D eigenvalue weighted by atomic mass is 9.99. The minimum Gasteiger partial charge on any atom is -0.392 e. The third-order valence-electron chi connectivity index (χ3n) is 4.14. The molecule has 0 spiro atoms. The Kier molecular flexibility index (Phi) is 8.27. The number of benzene rings is 2. The Morgan fingerprint density at radius 2 is 1.79 bits per heavy atom. The molecule has 2 aromatic rings. The van der Waals surface area contributed by atoms with Crippen LogP contribution in [0.15, 0.2) is 61.7 Å². The number of halogens is 2. The van der Waals surface area contributed by atoms with Crippen LogP contribution < -0.4 is 5.32 Å². The van der Waals surface area contributed by atoms with Crippen molar-refractivity contribution < 1.29 is 19.1 Å². The van der Waals surface area contributed by atoms with Gasteiger partial charge in [-0.3, -0.25) is 14.5 Å². The summed E-state index contributed by atoms with van der Waals surface area (Å²) in [5, 5.41) is 12.2. The van der Waals surface area contributed by atoms with Crippen molar-refractivity contribution in [2.24, 2.45) is 0 Å². The summed E-state index contributed by atoms with van der Waals surface area (Å²) in [4.78, 5) is 27.2. The third kappa shape index (κ3) is 5.84. The molecule has 7 heteroatoms. The van der Waals surface area contributed by atoms with Crippen LogP contribution >= 0.6 is 11.6 Å². The van der Waals surface area contributed by atoms with E-state index in [9.17, 15) is 19.1 Å². The Morgan fingerprint density at radius 3 is 2.38 bits per heavy atom. The van der Waals surface area contributed by atoms with E-state index < -0.39 is 24.1 Å². The Morgan fingerprint density at radius 1 is 1.14 bits per heavy atom. The van der Waals surface area contributed by atoms with Gasteiger partial charge in [-0.1, -0.05) is 35.9 Å². The van der Waals surface area contributed by atoms with Crippen LogP contribution in [0.2, 0.25) is 5.02 Å². The molecule has 1 amide bonds. The predicted molar refractivity (Wildman–Crippen MR) is 113 cm³/mol. The number of hydrogen-bond donors (Lipinski definition) is 2. The smallest absolute Gasteiger partial charge is 0.238 e. The fourth-order valence-electron chi connectivity index (χ4n) is 2.78. The van der Waals surface area contributed by atoms with E-state index in [1.165, 1.54) is 12.1 Å². The number of anilines is 1. The minimum atomic E-state index is -0.749. The molecule has 0 aliphatic heterocycles. The largest absolute Gasteiger partial charge is 0.392 e. The number of aliphatic hydroxyl groups excluding tert-OH is 1. The molecule has 29 heavy (non-hydrogen) atoms. The fraction of sp³-hybridized carbons (Fsp3) is 0.182. The molecule has 2 aromatic carbocycles. The maximum Gasteiger partial charge on any atom is 0.238 e. The summed E-state index contributed by atoms with van der Waals surface area (Å²) in [5.41, 5.74) is 0.188. The van der Waals surface area contributed by atoms with Crippen LogP contribution in [0, 0.1) is 5.82 Å². The molecule has 0 radical (unpaired) electrons. The number of aliphatic hydroxyl groups is 1. The molecule has 5 nitrogen and oxygen atoms in total. The predicted octanol–water partition coefficient (Wildman–Crippen LogP) is 3.81. The van der Waals surface area contributed by atoms with Crippen LogP contribution in [0.1, 0.15) is 21.5 Å². The normalized spacial score (nSPS) is 10.6. The molecule has 2 rings (SSSR count). The highest BCUT2D eigenvalue weighted by molar-refractivity contribution is 6.35. The highest BCUT2D eigenvalue weighted by Crippen LogP contribution is 2.27. The van der Waals surface area contributed by atoms with Crippen molar-refractivity contribution in [3.8, 4) is 0 Å². The fourth-order valence-corrected chi connectivity index (χ4v) is 3.00. The quantitative estimate of drug-likeness (QED) is 0.456. The molecule has 0 aliphatic rings. The second-order valence-electron chi connectivity index (χ2n) is 6.28. The zero-order valence-corrected chi connectivity index (χ0v) is 16.6. The summed E-state index contributed by atoms with van der Waals surface area (Å²) in [6.45, 7) is 7.68. The molecule has 0 aromatic heterocycles. The zero-order valence-electron chi connectivity index (χ0n) is 15.8. The second kappa shape index (κ2) is 10.7. The van der Waals surface area contributed by atoms with Gasteiger partial charge in [0.1, 0.15) is 5.82 Å².